The fraction of sp³-hybridized carbons (Fsp3) is 0.333. The largest absolute Gasteiger partial charge is 0.497 e. The summed E-state index contributed by atoms with van der Waals surface area (Å²) in [4.78, 5) is 4.16. The number of halogens is 1. The number of rotatable bonds is 5. The monoisotopic (exact) mass is 312 g/mol. The van der Waals surface area contributed by atoms with E-state index in [4.69, 9.17) is 14.0 Å². The molecule has 96 valence electrons. The summed E-state index contributed by atoms with van der Waals surface area (Å²) in [6.07, 6.45) is 0.721. The first-order valence-corrected chi connectivity index (χ1v) is 6.30. The highest BCUT2D eigenvalue weighted by atomic mass is 79.9. The average Bonchev–Trinajstić information content (AvgIpc) is 2.85. The number of hydrogen-bond donors (Lipinski definition) is 0. The fourth-order valence-electron chi connectivity index (χ4n) is 1.36. The lowest BCUT2D eigenvalue weighted by atomic mass is 10.3. The Kier molecular flexibility index (Phi) is 4.19. The Balaban J connectivity index is 2.01. The first-order chi connectivity index (χ1) is 8.72. The maximum atomic E-state index is 5.59. The van der Waals surface area contributed by atoms with E-state index in [-0.39, 0.29) is 6.61 Å². The van der Waals surface area contributed by atoms with Crippen molar-refractivity contribution in [1.82, 2.24) is 10.1 Å². The molecule has 6 heteroatoms. The molecule has 2 rings (SSSR count). The molecule has 0 bridgehead atoms. The molecule has 0 fully saturated rings. The van der Waals surface area contributed by atoms with Gasteiger partial charge in [-0.15, -0.1) is 0 Å². The van der Waals surface area contributed by atoms with Crippen LogP contribution < -0.4 is 9.47 Å². The van der Waals surface area contributed by atoms with Crippen LogP contribution >= 0.6 is 15.9 Å². The summed E-state index contributed by atoms with van der Waals surface area (Å²) < 4.78 is 16.5. The van der Waals surface area contributed by atoms with E-state index >= 15 is 0 Å². The Morgan fingerprint density at radius 1 is 1.39 bits per heavy atom. The van der Waals surface area contributed by atoms with E-state index in [2.05, 4.69) is 26.1 Å². The van der Waals surface area contributed by atoms with E-state index in [1.807, 2.05) is 25.1 Å². The van der Waals surface area contributed by atoms with E-state index in [0.717, 1.165) is 16.6 Å². The van der Waals surface area contributed by atoms with Crippen molar-refractivity contribution in [1.29, 1.82) is 0 Å². The molecule has 0 spiro atoms. The minimum Gasteiger partial charge on any atom is -0.497 e. The molecule has 0 aliphatic heterocycles. The summed E-state index contributed by atoms with van der Waals surface area (Å²) in [5.74, 6) is 2.62. The number of aryl methyl sites for hydroxylation is 1. The van der Waals surface area contributed by atoms with E-state index in [1.165, 1.54) is 0 Å². The van der Waals surface area contributed by atoms with Crippen LogP contribution in [0.4, 0.5) is 0 Å². The van der Waals surface area contributed by atoms with Crippen LogP contribution in [0.3, 0.4) is 0 Å². The maximum Gasteiger partial charge on any atom is 0.226 e. The van der Waals surface area contributed by atoms with Gasteiger partial charge < -0.3 is 14.0 Å². The lowest BCUT2D eigenvalue weighted by Gasteiger charge is -2.07. The fourth-order valence-corrected chi connectivity index (χ4v) is 1.83. The summed E-state index contributed by atoms with van der Waals surface area (Å²) in [5, 5.41) is 3.81. The first-order valence-electron chi connectivity index (χ1n) is 5.50. The van der Waals surface area contributed by atoms with Gasteiger partial charge in [-0.25, -0.2) is 0 Å². The van der Waals surface area contributed by atoms with Crippen LogP contribution in [0.25, 0.3) is 0 Å². The van der Waals surface area contributed by atoms with Crippen LogP contribution in [0.1, 0.15) is 18.6 Å². The van der Waals surface area contributed by atoms with Crippen molar-refractivity contribution in [2.45, 2.75) is 20.0 Å². The normalized spacial score (nSPS) is 10.4. The number of aromatic nitrogens is 2. The Morgan fingerprint density at radius 2 is 2.22 bits per heavy atom. The van der Waals surface area contributed by atoms with E-state index < -0.39 is 0 Å². The smallest absolute Gasteiger partial charge is 0.226 e. The summed E-state index contributed by atoms with van der Waals surface area (Å²) in [7, 11) is 1.62. The average molecular weight is 313 g/mol. The van der Waals surface area contributed by atoms with Crippen LogP contribution in [0.2, 0.25) is 0 Å². The molecule has 18 heavy (non-hydrogen) atoms. The molecule has 1 aromatic heterocycles. The van der Waals surface area contributed by atoms with Crippen LogP contribution in [0.15, 0.2) is 27.2 Å². The van der Waals surface area contributed by atoms with Gasteiger partial charge >= 0.3 is 0 Å². The maximum absolute atomic E-state index is 5.59. The quantitative estimate of drug-likeness (QED) is 0.849. The lowest BCUT2D eigenvalue weighted by molar-refractivity contribution is 0.283. The van der Waals surface area contributed by atoms with Gasteiger partial charge in [0.1, 0.15) is 11.5 Å². The van der Waals surface area contributed by atoms with Crippen molar-refractivity contribution in [3.63, 3.8) is 0 Å². The second-order valence-corrected chi connectivity index (χ2v) is 4.40. The number of methoxy groups -OCH3 is 1. The standard InChI is InChI=1S/C12H13BrN2O3/c1-3-12-14-11(15-18-12)7-17-10-5-4-8(16-2)6-9(10)13/h4-6H,3,7H2,1-2H3. The first kappa shape index (κ1) is 12.9. The molecule has 0 N–H and O–H groups in total. The molecular formula is C12H13BrN2O3. The van der Waals surface area contributed by atoms with Gasteiger partial charge in [0.15, 0.2) is 6.61 Å². The highest BCUT2D eigenvalue weighted by Crippen LogP contribution is 2.29. The number of benzene rings is 1. The van der Waals surface area contributed by atoms with E-state index in [1.54, 1.807) is 7.11 Å². The topological polar surface area (TPSA) is 57.4 Å². The Labute approximate surface area is 113 Å². The molecule has 1 heterocycles. The zero-order valence-corrected chi connectivity index (χ0v) is 11.7. The number of nitrogens with zero attached hydrogens (tertiary/aromatic N) is 2. The van der Waals surface area contributed by atoms with Crippen molar-refractivity contribution >= 4 is 15.9 Å². The van der Waals surface area contributed by atoms with Gasteiger partial charge in [-0.2, -0.15) is 4.98 Å². The van der Waals surface area contributed by atoms with Crippen molar-refractivity contribution < 1.29 is 14.0 Å². The summed E-state index contributed by atoms with van der Waals surface area (Å²) in [6.45, 7) is 2.23. The Hall–Kier alpha value is -1.56. The van der Waals surface area contributed by atoms with Crippen molar-refractivity contribution in [3.8, 4) is 11.5 Å². The predicted molar refractivity (Wildman–Crippen MR) is 68.7 cm³/mol. The SMILES string of the molecule is CCc1nc(COc2ccc(OC)cc2Br)no1. The highest BCUT2D eigenvalue weighted by molar-refractivity contribution is 9.10. The number of hydrogen-bond acceptors (Lipinski definition) is 5. The Morgan fingerprint density at radius 3 is 2.83 bits per heavy atom. The minimum atomic E-state index is 0.272. The second kappa shape index (κ2) is 5.86. The lowest BCUT2D eigenvalue weighted by Crippen LogP contribution is -1.98. The third-order valence-electron chi connectivity index (χ3n) is 2.31. The van der Waals surface area contributed by atoms with Gasteiger partial charge in [-0.05, 0) is 34.1 Å². The van der Waals surface area contributed by atoms with E-state index in [0.29, 0.717) is 17.5 Å². The highest BCUT2D eigenvalue weighted by Gasteiger charge is 2.07. The van der Waals surface area contributed by atoms with Crippen LogP contribution in [-0.4, -0.2) is 17.3 Å². The molecule has 0 saturated carbocycles. The molecule has 0 unspecified atom stereocenters. The van der Waals surface area contributed by atoms with Crippen molar-refractivity contribution in [2.75, 3.05) is 7.11 Å². The minimum absolute atomic E-state index is 0.272. The summed E-state index contributed by atoms with van der Waals surface area (Å²) >= 11 is 3.41. The molecule has 0 saturated heterocycles. The summed E-state index contributed by atoms with van der Waals surface area (Å²) in [6, 6.07) is 5.49. The Bertz CT molecular complexity index is 528. The second-order valence-electron chi connectivity index (χ2n) is 3.54. The number of ether oxygens (including phenoxy) is 2. The third-order valence-corrected chi connectivity index (χ3v) is 2.93. The molecule has 0 radical (unpaired) electrons. The molecule has 0 aliphatic rings. The van der Waals surface area contributed by atoms with Gasteiger partial charge in [-0.1, -0.05) is 12.1 Å². The molecule has 0 aliphatic carbocycles. The molecule has 5 nitrogen and oxygen atoms in total. The van der Waals surface area contributed by atoms with Crippen LogP contribution in [0, 0.1) is 0 Å². The van der Waals surface area contributed by atoms with Crippen LogP contribution in [-0.2, 0) is 13.0 Å². The van der Waals surface area contributed by atoms with E-state index in [9.17, 15) is 0 Å². The molecule has 0 atom stereocenters. The summed E-state index contributed by atoms with van der Waals surface area (Å²) in [5.41, 5.74) is 0. The van der Waals surface area contributed by atoms with Crippen molar-refractivity contribution in [2.24, 2.45) is 0 Å². The molecule has 1 aromatic carbocycles. The third kappa shape index (κ3) is 3.01. The van der Waals surface area contributed by atoms with Gasteiger partial charge in [0.2, 0.25) is 11.7 Å². The van der Waals surface area contributed by atoms with Gasteiger partial charge in [0.25, 0.3) is 0 Å². The predicted octanol–water partition coefficient (Wildman–Crippen LogP) is 2.98. The van der Waals surface area contributed by atoms with Crippen molar-refractivity contribution in [3.05, 3.63) is 34.4 Å². The van der Waals surface area contributed by atoms with Gasteiger partial charge in [0.05, 0.1) is 11.6 Å². The van der Waals surface area contributed by atoms with Crippen LogP contribution in [0.5, 0.6) is 11.5 Å². The molecule has 0 amide bonds. The molecular weight excluding hydrogens is 300 g/mol. The zero-order valence-electron chi connectivity index (χ0n) is 10.1. The van der Waals surface area contributed by atoms with Gasteiger partial charge in [-0.3, -0.25) is 0 Å². The zero-order chi connectivity index (χ0) is 13.0. The van der Waals surface area contributed by atoms with Gasteiger partial charge in [0, 0.05) is 6.42 Å². The molecule has 2 aromatic rings.